The van der Waals surface area contributed by atoms with Crippen LogP contribution in [0, 0.1) is 5.41 Å². The molecular weight excluding hydrogens is 170 g/mol. The molecule has 0 saturated heterocycles. The quantitative estimate of drug-likeness (QED) is 0.715. The summed E-state index contributed by atoms with van der Waals surface area (Å²) in [5.74, 6) is 0. The summed E-state index contributed by atoms with van der Waals surface area (Å²) < 4.78 is 0. The van der Waals surface area contributed by atoms with E-state index in [0.29, 0.717) is 5.41 Å². The highest BCUT2D eigenvalue weighted by Crippen LogP contribution is 2.46. The van der Waals surface area contributed by atoms with Crippen LogP contribution in [0.1, 0.15) is 71.1 Å². The van der Waals surface area contributed by atoms with E-state index in [4.69, 9.17) is 5.73 Å². The van der Waals surface area contributed by atoms with Gasteiger partial charge in [-0.3, -0.25) is 0 Å². The highest BCUT2D eigenvalue weighted by atomic mass is 14.8. The summed E-state index contributed by atoms with van der Waals surface area (Å²) in [5.41, 5.74) is 7.32. The minimum Gasteiger partial charge on any atom is -0.325 e. The van der Waals surface area contributed by atoms with Crippen molar-refractivity contribution in [3.63, 3.8) is 0 Å². The number of hydrogen-bond donors (Lipinski definition) is 1. The van der Waals surface area contributed by atoms with Gasteiger partial charge in [0.05, 0.1) is 0 Å². The van der Waals surface area contributed by atoms with Crippen LogP contribution in [0.2, 0.25) is 0 Å². The summed E-state index contributed by atoms with van der Waals surface area (Å²) in [6, 6.07) is 0. The van der Waals surface area contributed by atoms with Gasteiger partial charge >= 0.3 is 0 Å². The first-order valence-electron chi connectivity index (χ1n) is 6.41. The van der Waals surface area contributed by atoms with Gasteiger partial charge in [-0.1, -0.05) is 39.0 Å². The van der Waals surface area contributed by atoms with Gasteiger partial charge in [-0.05, 0) is 37.5 Å². The molecule has 82 valence electrons. The lowest BCUT2D eigenvalue weighted by atomic mass is 9.70. The monoisotopic (exact) mass is 195 g/mol. The van der Waals surface area contributed by atoms with Crippen LogP contribution in [-0.2, 0) is 0 Å². The largest absolute Gasteiger partial charge is 0.325 e. The molecule has 1 heteroatoms. The van der Waals surface area contributed by atoms with Crippen molar-refractivity contribution in [1.82, 2.24) is 0 Å². The lowest BCUT2D eigenvalue weighted by Gasteiger charge is -2.40. The van der Waals surface area contributed by atoms with Gasteiger partial charge in [0, 0.05) is 5.54 Å². The summed E-state index contributed by atoms with van der Waals surface area (Å²) in [6.45, 7) is 2.46. The van der Waals surface area contributed by atoms with Gasteiger partial charge in [-0.2, -0.15) is 0 Å². The summed E-state index contributed by atoms with van der Waals surface area (Å²) >= 11 is 0. The summed E-state index contributed by atoms with van der Waals surface area (Å²) in [5, 5.41) is 0. The second kappa shape index (κ2) is 3.84. The Balaban J connectivity index is 1.94. The zero-order chi connectivity index (χ0) is 10.1. The average molecular weight is 195 g/mol. The highest BCUT2D eigenvalue weighted by molar-refractivity contribution is 4.95. The molecule has 0 amide bonds. The van der Waals surface area contributed by atoms with Crippen molar-refractivity contribution in [3.05, 3.63) is 0 Å². The zero-order valence-electron chi connectivity index (χ0n) is 9.65. The van der Waals surface area contributed by atoms with Gasteiger partial charge in [0.2, 0.25) is 0 Å². The van der Waals surface area contributed by atoms with Gasteiger partial charge < -0.3 is 5.73 Å². The van der Waals surface area contributed by atoms with Crippen LogP contribution in [0.3, 0.4) is 0 Å². The molecule has 2 aliphatic carbocycles. The Labute approximate surface area is 88.4 Å². The second-order valence-electron chi connectivity index (χ2n) is 6.12. The summed E-state index contributed by atoms with van der Waals surface area (Å²) in [7, 11) is 0. The van der Waals surface area contributed by atoms with Gasteiger partial charge in [0.25, 0.3) is 0 Å². The predicted octanol–water partition coefficient (Wildman–Crippen LogP) is 3.62. The Morgan fingerprint density at radius 3 is 1.93 bits per heavy atom. The Morgan fingerprint density at radius 1 is 0.857 bits per heavy atom. The number of hydrogen-bond acceptors (Lipinski definition) is 1. The van der Waals surface area contributed by atoms with Crippen LogP contribution in [0.4, 0.5) is 0 Å². The van der Waals surface area contributed by atoms with Crippen molar-refractivity contribution in [2.45, 2.75) is 76.7 Å². The van der Waals surface area contributed by atoms with Crippen molar-refractivity contribution in [1.29, 1.82) is 0 Å². The van der Waals surface area contributed by atoms with Crippen LogP contribution in [-0.4, -0.2) is 5.54 Å². The zero-order valence-corrected chi connectivity index (χ0v) is 9.65. The molecule has 0 atom stereocenters. The third-order valence-corrected chi connectivity index (χ3v) is 4.44. The normalized spacial score (nSPS) is 30.4. The number of nitrogens with two attached hydrogens (primary N) is 1. The van der Waals surface area contributed by atoms with E-state index in [1.54, 1.807) is 0 Å². The first-order chi connectivity index (χ1) is 6.62. The standard InChI is InChI=1S/C13H25N/c1-12(7-5-6-8-12)11-13(14)9-3-2-4-10-13/h2-11,14H2,1H3. The van der Waals surface area contributed by atoms with Crippen LogP contribution in [0.5, 0.6) is 0 Å². The Morgan fingerprint density at radius 2 is 1.36 bits per heavy atom. The van der Waals surface area contributed by atoms with Crippen molar-refractivity contribution >= 4 is 0 Å². The summed E-state index contributed by atoms with van der Waals surface area (Å²) in [6.07, 6.45) is 13.7. The third kappa shape index (κ3) is 2.31. The molecule has 0 heterocycles. The molecule has 0 spiro atoms. The van der Waals surface area contributed by atoms with Crippen molar-refractivity contribution < 1.29 is 0 Å². The fourth-order valence-corrected chi connectivity index (χ4v) is 3.69. The smallest absolute Gasteiger partial charge is 0.0159 e. The van der Waals surface area contributed by atoms with Crippen LogP contribution < -0.4 is 5.73 Å². The lowest BCUT2D eigenvalue weighted by Crippen LogP contribution is -2.45. The van der Waals surface area contributed by atoms with E-state index < -0.39 is 0 Å². The number of rotatable bonds is 2. The summed E-state index contributed by atoms with van der Waals surface area (Å²) in [4.78, 5) is 0. The molecule has 0 radical (unpaired) electrons. The SMILES string of the molecule is CC1(CC2(N)CCCCC2)CCCC1. The maximum Gasteiger partial charge on any atom is 0.0159 e. The van der Waals surface area contributed by atoms with E-state index in [1.165, 1.54) is 64.2 Å². The third-order valence-electron chi connectivity index (χ3n) is 4.44. The van der Waals surface area contributed by atoms with Crippen LogP contribution in [0.15, 0.2) is 0 Å². The van der Waals surface area contributed by atoms with Gasteiger partial charge in [0.15, 0.2) is 0 Å². The first-order valence-corrected chi connectivity index (χ1v) is 6.41. The first kappa shape index (κ1) is 10.5. The fourth-order valence-electron chi connectivity index (χ4n) is 3.69. The molecule has 0 aromatic heterocycles. The molecule has 0 aliphatic heterocycles. The van der Waals surface area contributed by atoms with Crippen LogP contribution in [0.25, 0.3) is 0 Å². The van der Waals surface area contributed by atoms with E-state index in [0.717, 1.165) is 0 Å². The molecular formula is C13H25N. The van der Waals surface area contributed by atoms with Crippen molar-refractivity contribution in [2.24, 2.45) is 11.1 Å². The second-order valence-corrected chi connectivity index (χ2v) is 6.12. The Hall–Kier alpha value is -0.0400. The van der Waals surface area contributed by atoms with E-state index in [9.17, 15) is 0 Å². The molecule has 14 heavy (non-hydrogen) atoms. The molecule has 0 aromatic rings. The van der Waals surface area contributed by atoms with Crippen LogP contribution >= 0.6 is 0 Å². The molecule has 0 unspecified atom stereocenters. The van der Waals surface area contributed by atoms with E-state index in [1.807, 2.05) is 0 Å². The maximum atomic E-state index is 6.52. The fraction of sp³-hybridized carbons (Fsp3) is 1.00. The highest BCUT2D eigenvalue weighted by Gasteiger charge is 2.38. The molecule has 2 N–H and O–H groups in total. The average Bonchev–Trinajstić information content (AvgIpc) is 2.52. The van der Waals surface area contributed by atoms with Gasteiger partial charge in [0.1, 0.15) is 0 Å². The van der Waals surface area contributed by atoms with Crippen molar-refractivity contribution in [3.8, 4) is 0 Å². The maximum absolute atomic E-state index is 6.52. The lowest BCUT2D eigenvalue weighted by molar-refractivity contribution is 0.174. The Bertz CT molecular complexity index is 185. The molecule has 2 saturated carbocycles. The molecule has 0 aromatic carbocycles. The minimum absolute atomic E-state index is 0.206. The van der Waals surface area contributed by atoms with E-state index >= 15 is 0 Å². The molecule has 2 aliphatic rings. The topological polar surface area (TPSA) is 26.0 Å². The van der Waals surface area contributed by atoms with Gasteiger partial charge in [-0.25, -0.2) is 0 Å². The van der Waals surface area contributed by atoms with E-state index in [2.05, 4.69) is 6.92 Å². The molecule has 2 fully saturated rings. The molecule has 0 bridgehead atoms. The van der Waals surface area contributed by atoms with E-state index in [-0.39, 0.29) is 5.54 Å². The van der Waals surface area contributed by atoms with Gasteiger partial charge in [-0.15, -0.1) is 0 Å². The Kier molecular flexibility index (Phi) is 2.88. The minimum atomic E-state index is 0.206. The molecule has 2 rings (SSSR count). The predicted molar refractivity (Wildman–Crippen MR) is 61.2 cm³/mol. The van der Waals surface area contributed by atoms with Crippen molar-refractivity contribution in [2.75, 3.05) is 0 Å². The molecule has 1 nitrogen and oxygen atoms in total.